The fourth-order valence-electron chi connectivity index (χ4n) is 4.39. The number of anilines is 1. The molecule has 7 heteroatoms. The molecule has 2 heterocycles. The Morgan fingerprint density at radius 3 is 2.91 bits per heavy atom. The first-order valence-corrected chi connectivity index (χ1v) is 11.5. The van der Waals surface area contributed by atoms with Crippen molar-refractivity contribution < 1.29 is 18.7 Å². The van der Waals surface area contributed by atoms with Gasteiger partial charge in [-0.15, -0.1) is 0 Å². The molecule has 0 aromatic heterocycles. The van der Waals surface area contributed by atoms with Gasteiger partial charge in [0.1, 0.15) is 12.4 Å². The summed E-state index contributed by atoms with van der Waals surface area (Å²) in [5.74, 6) is 0.198. The van der Waals surface area contributed by atoms with Crippen LogP contribution >= 0.6 is 0 Å². The molecule has 0 saturated carbocycles. The molecule has 0 aliphatic carbocycles. The molecule has 0 bridgehead atoms. The summed E-state index contributed by atoms with van der Waals surface area (Å²) in [6.07, 6.45) is 4.89. The molecular weight excluding hydrogens is 421 g/mol. The van der Waals surface area contributed by atoms with Gasteiger partial charge in [0.15, 0.2) is 11.5 Å². The van der Waals surface area contributed by atoms with Gasteiger partial charge >= 0.3 is 0 Å². The van der Waals surface area contributed by atoms with Gasteiger partial charge in [-0.1, -0.05) is 31.2 Å². The summed E-state index contributed by atoms with van der Waals surface area (Å²) in [6, 6.07) is 13.0. The number of ether oxygens (including phenoxy) is 1. The van der Waals surface area contributed by atoms with E-state index in [2.05, 4.69) is 17.1 Å². The molecule has 2 aliphatic heterocycles. The van der Waals surface area contributed by atoms with E-state index >= 15 is 0 Å². The van der Waals surface area contributed by atoms with Gasteiger partial charge in [0.25, 0.3) is 5.91 Å². The van der Waals surface area contributed by atoms with Crippen molar-refractivity contribution in [2.24, 2.45) is 5.92 Å². The van der Waals surface area contributed by atoms with E-state index in [1.807, 2.05) is 0 Å². The molecule has 2 aliphatic rings. The first-order valence-electron chi connectivity index (χ1n) is 11.5. The number of fused-ring (bicyclic) bond motifs is 1. The molecule has 1 saturated heterocycles. The second kappa shape index (κ2) is 10.6. The maximum Gasteiger partial charge on any atom is 0.294 e. The molecule has 1 fully saturated rings. The van der Waals surface area contributed by atoms with E-state index in [-0.39, 0.29) is 18.2 Å². The summed E-state index contributed by atoms with van der Waals surface area (Å²) in [5.41, 5.74) is 1.05. The second-order valence-electron chi connectivity index (χ2n) is 8.78. The molecule has 4 rings (SSSR count). The zero-order valence-corrected chi connectivity index (χ0v) is 18.9. The molecule has 33 heavy (non-hydrogen) atoms. The highest BCUT2D eigenvalue weighted by Gasteiger charge is 2.31. The molecule has 0 spiro atoms. The third-order valence-corrected chi connectivity index (χ3v) is 5.99. The SMILES string of the molecule is CC1CCCN(CCCNC(=O)CN2C(=O)/C(=C\c3cccc(F)c3)Oc3ccccc32)C1. The standard InChI is InChI=1S/C26H30FN3O3/c1-19-7-5-13-29(17-19)14-6-12-28-25(31)18-30-22-10-2-3-11-23(22)33-24(26(30)32)16-20-8-4-9-21(27)15-20/h2-4,8-11,15-16,19H,5-7,12-14,17-18H2,1H3,(H,28,31)/b24-16+. The average Bonchev–Trinajstić information content (AvgIpc) is 2.79. The van der Waals surface area contributed by atoms with E-state index in [1.165, 1.54) is 36.0 Å². The van der Waals surface area contributed by atoms with Crippen LogP contribution in [-0.4, -0.2) is 49.4 Å². The Morgan fingerprint density at radius 2 is 2.09 bits per heavy atom. The second-order valence-corrected chi connectivity index (χ2v) is 8.78. The molecule has 174 valence electrons. The molecular formula is C26H30FN3O3. The quantitative estimate of drug-likeness (QED) is 0.513. The summed E-state index contributed by atoms with van der Waals surface area (Å²) in [4.78, 5) is 29.6. The van der Waals surface area contributed by atoms with Gasteiger partial charge in [0.05, 0.1) is 5.69 Å². The Balaban J connectivity index is 1.39. The lowest BCUT2D eigenvalue weighted by Crippen LogP contribution is -2.44. The van der Waals surface area contributed by atoms with Crippen molar-refractivity contribution in [3.8, 4) is 5.75 Å². The molecule has 2 aromatic carbocycles. The van der Waals surface area contributed by atoms with Gasteiger partial charge in [-0.25, -0.2) is 4.39 Å². The van der Waals surface area contributed by atoms with Crippen LogP contribution in [-0.2, 0) is 9.59 Å². The minimum atomic E-state index is -0.435. The zero-order chi connectivity index (χ0) is 23.2. The monoisotopic (exact) mass is 451 g/mol. The number of piperidine rings is 1. The number of nitrogens with one attached hydrogen (secondary N) is 1. The topological polar surface area (TPSA) is 61.9 Å². The number of likely N-dealkylation sites (tertiary alicyclic amines) is 1. The highest BCUT2D eigenvalue weighted by atomic mass is 19.1. The molecule has 0 radical (unpaired) electrons. The van der Waals surface area contributed by atoms with Crippen LogP contribution in [0.3, 0.4) is 0 Å². The fourth-order valence-corrected chi connectivity index (χ4v) is 4.39. The van der Waals surface area contributed by atoms with E-state index in [4.69, 9.17) is 4.74 Å². The Kier molecular flexibility index (Phi) is 7.40. The van der Waals surface area contributed by atoms with Crippen molar-refractivity contribution in [3.05, 3.63) is 65.7 Å². The maximum atomic E-state index is 13.6. The molecule has 2 aromatic rings. The summed E-state index contributed by atoms with van der Waals surface area (Å²) >= 11 is 0. The van der Waals surface area contributed by atoms with Crippen molar-refractivity contribution in [2.45, 2.75) is 26.2 Å². The predicted molar refractivity (Wildman–Crippen MR) is 126 cm³/mol. The summed E-state index contributed by atoms with van der Waals surface area (Å²) in [7, 11) is 0. The van der Waals surface area contributed by atoms with Gasteiger partial charge in [0, 0.05) is 13.1 Å². The maximum absolute atomic E-state index is 13.6. The normalized spacial score (nSPS) is 19.8. The van der Waals surface area contributed by atoms with Crippen LogP contribution in [0.15, 0.2) is 54.3 Å². The van der Waals surface area contributed by atoms with Gasteiger partial charge in [0.2, 0.25) is 5.91 Å². The van der Waals surface area contributed by atoms with Gasteiger partial charge in [-0.2, -0.15) is 0 Å². The van der Waals surface area contributed by atoms with E-state index in [1.54, 1.807) is 36.4 Å². The third kappa shape index (κ3) is 5.99. The number of para-hydroxylation sites is 2. The lowest BCUT2D eigenvalue weighted by molar-refractivity contribution is -0.123. The van der Waals surface area contributed by atoms with Gasteiger partial charge in [-0.3, -0.25) is 14.5 Å². The number of nitrogens with zero attached hydrogens (tertiary/aromatic N) is 2. The third-order valence-electron chi connectivity index (χ3n) is 5.99. The van der Waals surface area contributed by atoms with Crippen LogP contribution in [0.5, 0.6) is 5.75 Å². The average molecular weight is 452 g/mol. The van der Waals surface area contributed by atoms with Crippen molar-refractivity contribution in [3.63, 3.8) is 0 Å². The Bertz CT molecular complexity index is 1040. The summed E-state index contributed by atoms with van der Waals surface area (Å²) in [6.45, 7) is 5.94. The number of amides is 2. The smallest absolute Gasteiger partial charge is 0.294 e. The molecule has 6 nitrogen and oxygen atoms in total. The lowest BCUT2D eigenvalue weighted by Gasteiger charge is -2.31. The molecule has 1 unspecified atom stereocenters. The van der Waals surface area contributed by atoms with Crippen LogP contribution in [0.1, 0.15) is 31.7 Å². The van der Waals surface area contributed by atoms with Crippen molar-refractivity contribution in [2.75, 3.05) is 37.6 Å². The first-order chi connectivity index (χ1) is 16.0. The number of carbonyl (C=O) groups excluding carboxylic acids is 2. The lowest BCUT2D eigenvalue weighted by atomic mass is 10.0. The first kappa shape index (κ1) is 23.0. The number of halogens is 1. The number of carbonyl (C=O) groups is 2. The Hall–Kier alpha value is -3.19. The van der Waals surface area contributed by atoms with Crippen LogP contribution in [0.2, 0.25) is 0 Å². The molecule has 2 amide bonds. The Labute approximate surface area is 194 Å². The summed E-state index contributed by atoms with van der Waals surface area (Å²) in [5, 5.41) is 2.93. The Morgan fingerprint density at radius 1 is 1.24 bits per heavy atom. The number of hydrogen-bond acceptors (Lipinski definition) is 4. The number of hydrogen-bond donors (Lipinski definition) is 1. The van der Waals surface area contributed by atoms with E-state index in [9.17, 15) is 14.0 Å². The van der Waals surface area contributed by atoms with Crippen molar-refractivity contribution >= 4 is 23.6 Å². The minimum absolute atomic E-state index is 0.0475. The van der Waals surface area contributed by atoms with Gasteiger partial charge in [-0.05, 0) is 74.2 Å². The predicted octanol–water partition coefficient (Wildman–Crippen LogP) is 3.83. The minimum Gasteiger partial charge on any atom is -0.449 e. The molecule has 1 N–H and O–H groups in total. The van der Waals surface area contributed by atoms with Crippen molar-refractivity contribution in [1.29, 1.82) is 0 Å². The molecule has 1 atom stereocenters. The largest absolute Gasteiger partial charge is 0.449 e. The van der Waals surface area contributed by atoms with Gasteiger partial charge < -0.3 is 15.0 Å². The fraction of sp³-hybridized carbons (Fsp3) is 0.385. The highest BCUT2D eigenvalue weighted by Crippen LogP contribution is 2.35. The van der Waals surface area contributed by atoms with Crippen LogP contribution in [0.4, 0.5) is 10.1 Å². The van der Waals surface area contributed by atoms with Crippen LogP contribution in [0, 0.1) is 11.7 Å². The zero-order valence-electron chi connectivity index (χ0n) is 18.9. The van der Waals surface area contributed by atoms with E-state index < -0.39 is 11.7 Å². The van der Waals surface area contributed by atoms with E-state index in [0.717, 1.165) is 32.0 Å². The number of benzene rings is 2. The van der Waals surface area contributed by atoms with E-state index in [0.29, 0.717) is 23.5 Å². The summed E-state index contributed by atoms with van der Waals surface area (Å²) < 4.78 is 19.4. The van der Waals surface area contributed by atoms with Crippen LogP contribution in [0.25, 0.3) is 6.08 Å². The van der Waals surface area contributed by atoms with Crippen molar-refractivity contribution in [1.82, 2.24) is 10.2 Å². The number of rotatable bonds is 7. The van der Waals surface area contributed by atoms with Crippen LogP contribution < -0.4 is 15.0 Å². The highest BCUT2D eigenvalue weighted by molar-refractivity contribution is 6.12.